The Balaban J connectivity index is 2.34. The van der Waals surface area contributed by atoms with Gasteiger partial charge in [-0.15, -0.1) is 0 Å². The molecule has 2 aromatic rings. The van der Waals surface area contributed by atoms with Crippen molar-refractivity contribution < 1.29 is 9.84 Å². The number of aliphatic hydroxyl groups excluding tert-OH is 1. The van der Waals surface area contributed by atoms with Crippen molar-refractivity contribution in [2.24, 2.45) is 0 Å². The lowest BCUT2D eigenvalue weighted by atomic mass is 10.2. The van der Waals surface area contributed by atoms with E-state index in [1.807, 2.05) is 6.07 Å². The van der Waals surface area contributed by atoms with Gasteiger partial charge in [0.05, 0.1) is 19.3 Å². The highest BCUT2D eigenvalue weighted by atomic mass is 35.5. The summed E-state index contributed by atoms with van der Waals surface area (Å²) >= 11 is 5.78. The largest absolute Gasteiger partial charge is 0.481 e. The van der Waals surface area contributed by atoms with Gasteiger partial charge in [-0.3, -0.25) is 0 Å². The second-order valence-corrected chi connectivity index (χ2v) is 4.86. The van der Waals surface area contributed by atoms with Crippen LogP contribution in [0.4, 0.5) is 5.82 Å². The van der Waals surface area contributed by atoms with E-state index in [1.165, 1.54) is 7.11 Å². The maximum atomic E-state index is 9.29. The van der Waals surface area contributed by atoms with Crippen LogP contribution in [-0.2, 0) is 6.54 Å². The molecule has 2 aromatic heterocycles. The highest BCUT2D eigenvalue weighted by Gasteiger charge is 2.15. The molecule has 0 saturated carbocycles. The summed E-state index contributed by atoms with van der Waals surface area (Å²) in [5.41, 5.74) is 1.31. The molecule has 0 fully saturated rings. The van der Waals surface area contributed by atoms with Gasteiger partial charge in [0.25, 0.3) is 0 Å². The predicted molar refractivity (Wildman–Crippen MR) is 82.9 cm³/mol. The fourth-order valence-corrected chi connectivity index (χ4v) is 2.09. The van der Waals surface area contributed by atoms with Gasteiger partial charge >= 0.3 is 0 Å². The summed E-state index contributed by atoms with van der Waals surface area (Å²) in [6, 6.07) is 8.91. The summed E-state index contributed by atoms with van der Waals surface area (Å²) in [5, 5.41) is 19.0. The molecule has 1 N–H and O–H groups in total. The number of anilines is 1. The van der Waals surface area contributed by atoms with Crippen molar-refractivity contribution in [3.63, 3.8) is 0 Å². The van der Waals surface area contributed by atoms with E-state index in [4.69, 9.17) is 16.3 Å². The van der Waals surface area contributed by atoms with Gasteiger partial charge in [-0.1, -0.05) is 17.7 Å². The molecule has 114 valence electrons. The van der Waals surface area contributed by atoms with Gasteiger partial charge in [-0.25, -0.2) is 4.98 Å². The maximum absolute atomic E-state index is 9.29. The minimum absolute atomic E-state index is 0.0647. The number of nitrogens with zero attached hydrogens (tertiary/aromatic N) is 4. The Bertz CT molecular complexity index is 670. The number of halogens is 1. The zero-order chi connectivity index (χ0) is 15.9. The van der Waals surface area contributed by atoms with Gasteiger partial charge in [-0.2, -0.15) is 10.2 Å². The monoisotopic (exact) mass is 318 g/mol. The van der Waals surface area contributed by atoms with Gasteiger partial charge in [0.1, 0.15) is 11.2 Å². The number of methoxy groups -OCH3 is 1. The van der Waals surface area contributed by atoms with Crippen molar-refractivity contribution in [2.45, 2.75) is 6.54 Å². The summed E-state index contributed by atoms with van der Waals surface area (Å²) in [4.78, 5) is 10.1. The molecular weight excluding hydrogens is 304 g/mol. The summed E-state index contributed by atoms with van der Waals surface area (Å²) in [7, 11) is 1.51. The molecule has 0 saturated heterocycles. The maximum Gasteiger partial charge on any atom is 0.214 e. The minimum atomic E-state index is -0.0647. The lowest BCUT2D eigenvalue weighted by Gasteiger charge is -2.24. The van der Waals surface area contributed by atoms with E-state index in [2.05, 4.69) is 16.0 Å². The molecule has 0 bridgehead atoms. The first-order valence-electron chi connectivity index (χ1n) is 6.59. The molecule has 6 nitrogen and oxygen atoms in total. The van der Waals surface area contributed by atoms with Gasteiger partial charge in [0, 0.05) is 25.4 Å². The topological polar surface area (TPSA) is 82.3 Å². The van der Waals surface area contributed by atoms with Crippen LogP contribution in [0.1, 0.15) is 11.1 Å². The number of aromatic nitrogens is 2. The van der Waals surface area contributed by atoms with Crippen molar-refractivity contribution in [1.29, 1.82) is 5.26 Å². The third-order valence-corrected chi connectivity index (χ3v) is 3.23. The molecular formula is C15H15ClN4O2. The van der Waals surface area contributed by atoms with E-state index in [-0.39, 0.29) is 6.61 Å². The molecule has 7 heteroatoms. The van der Waals surface area contributed by atoms with Gasteiger partial charge in [0.15, 0.2) is 5.82 Å². The standard InChI is InChI=1S/C15H15ClN4O2/c1-22-14-5-3-12(8-17)15(19-14)20(6-7-21)10-11-2-4-13(16)18-9-11/h2-5,9,21H,6-7,10H2,1H3. The molecule has 0 amide bonds. The molecule has 2 rings (SSSR count). The Morgan fingerprint density at radius 1 is 1.36 bits per heavy atom. The number of aliphatic hydroxyl groups is 1. The Kier molecular flexibility index (Phi) is 5.53. The summed E-state index contributed by atoms with van der Waals surface area (Å²) < 4.78 is 5.11. The first-order valence-corrected chi connectivity index (χ1v) is 6.97. The normalized spacial score (nSPS) is 10.1. The van der Waals surface area contributed by atoms with Crippen molar-refractivity contribution in [3.8, 4) is 11.9 Å². The predicted octanol–water partition coefficient (Wildman–Crippen LogP) is 2.01. The molecule has 0 aromatic carbocycles. The van der Waals surface area contributed by atoms with E-state index >= 15 is 0 Å². The van der Waals surface area contributed by atoms with Crippen molar-refractivity contribution in [3.05, 3.63) is 46.7 Å². The SMILES string of the molecule is COc1ccc(C#N)c(N(CCO)Cc2ccc(Cl)nc2)n1. The lowest BCUT2D eigenvalue weighted by Crippen LogP contribution is -2.28. The van der Waals surface area contributed by atoms with Crippen LogP contribution in [0.15, 0.2) is 30.5 Å². The minimum Gasteiger partial charge on any atom is -0.481 e. The average Bonchev–Trinajstić information content (AvgIpc) is 2.55. The fourth-order valence-electron chi connectivity index (χ4n) is 1.97. The third kappa shape index (κ3) is 3.85. The van der Waals surface area contributed by atoms with Crippen LogP contribution in [0.2, 0.25) is 5.15 Å². The Labute approximate surface area is 133 Å². The molecule has 0 aliphatic heterocycles. The molecule has 0 atom stereocenters. The molecule has 0 radical (unpaired) electrons. The number of ether oxygens (including phenoxy) is 1. The van der Waals surface area contributed by atoms with Crippen LogP contribution in [0.5, 0.6) is 5.88 Å². The quantitative estimate of drug-likeness (QED) is 0.820. The summed E-state index contributed by atoms with van der Waals surface area (Å²) in [6.07, 6.45) is 1.65. The van der Waals surface area contributed by atoms with Crippen molar-refractivity contribution in [1.82, 2.24) is 9.97 Å². The number of hydrogen-bond donors (Lipinski definition) is 1. The van der Waals surface area contributed by atoms with Crippen LogP contribution < -0.4 is 9.64 Å². The van der Waals surface area contributed by atoms with Crippen LogP contribution in [0, 0.1) is 11.3 Å². The Morgan fingerprint density at radius 2 is 2.18 bits per heavy atom. The smallest absolute Gasteiger partial charge is 0.214 e. The van der Waals surface area contributed by atoms with Gasteiger partial charge < -0.3 is 14.7 Å². The van der Waals surface area contributed by atoms with Gasteiger partial charge in [0.2, 0.25) is 5.88 Å². The number of nitriles is 1. The Hall–Kier alpha value is -2.36. The fraction of sp³-hybridized carbons (Fsp3) is 0.267. The zero-order valence-electron chi connectivity index (χ0n) is 12.0. The van der Waals surface area contributed by atoms with Crippen LogP contribution in [-0.4, -0.2) is 35.3 Å². The molecule has 22 heavy (non-hydrogen) atoms. The lowest BCUT2D eigenvalue weighted by molar-refractivity contribution is 0.301. The highest BCUT2D eigenvalue weighted by Crippen LogP contribution is 2.23. The van der Waals surface area contributed by atoms with E-state index in [1.54, 1.807) is 29.3 Å². The van der Waals surface area contributed by atoms with Crippen LogP contribution in [0.25, 0.3) is 0 Å². The van der Waals surface area contributed by atoms with Crippen molar-refractivity contribution >= 4 is 17.4 Å². The first-order chi connectivity index (χ1) is 10.7. The summed E-state index contributed by atoms with van der Waals surface area (Å²) in [5.74, 6) is 0.872. The molecule has 0 unspecified atom stereocenters. The molecule has 0 aliphatic rings. The second kappa shape index (κ2) is 7.59. The van der Waals surface area contributed by atoms with E-state index in [9.17, 15) is 10.4 Å². The second-order valence-electron chi connectivity index (χ2n) is 4.47. The zero-order valence-corrected chi connectivity index (χ0v) is 12.8. The number of pyridine rings is 2. The summed E-state index contributed by atoms with van der Waals surface area (Å²) in [6.45, 7) is 0.710. The molecule has 0 aliphatic carbocycles. The number of rotatable bonds is 6. The van der Waals surface area contributed by atoms with E-state index in [0.717, 1.165) is 5.56 Å². The van der Waals surface area contributed by atoms with Crippen LogP contribution in [0.3, 0.4) is 0 Å². The van der Waals surface area contributed by atoms with Crippen molar-refractivity contribution in [2.75, 3.05) is 25.2 Å². The average molecular weight is 319 g/mol. The van der Waals surface area contributed by atoms with Crippen LogP contribution >= 0.6 is 11.6 Å². The molecule has 0 spiro atoms. The van der Waals surface area contributed by atoms with Gasteiger partial charge in [-0.05, 0) is 17.7 Å². The Morgan fingerprint density at radius 3 is 2.77 bits per heavy atom. The van der Waals surface area contributed by atoms with E-state index in [0.29, 0.717) is 35.5 Å². The third-order valence-electron chi connectivity index (χ3n) is 3.01. The number of hydrogen-bond acceptors (Lipinski definition) is 6. The highest BCUT2D eigenvalue weighted by molar-refractivity contribution is 6.29. The first kappa shape index (κ1) is 16.0. The molecule has 2 heterocycles. The van der Waals surface area contributed by atoms with E-state index < -0.39 is 0 Å².